The van der Waals surface area contributed by atoms with E-state index in [1.54, 1.807) is 24.3 Å². The van der Waals surface area contributed by atoms with Gasteiger partial charge in [0.1, 0.15) is 11.5 Å². The molecule has 0 atom stereocenters. The monoisotopic (exact) mass is 310 g/mol. The zero-order chi connectivity index (χ0) is 17.0. The van der Waals surface area contributed by atoms with E-state index in [2.05, 4.69) is 11.8 Å². The third-order valence-electron chi connectivity index (χ3n) is 3.39. The number of methoxy groups -OCH3 is 1. The molecule has 2 aromatic rings. The number of carbonyl (C=O) groups excluding carboxylic acids is 1. The van der Waals surface area contributed by atoms with E-state index in [4.69, 9.17) is 4.74 Å². The second-order valence-electron chi connectivity index (χ2n) is 5.37. The summed E-state index contributed by atoms with van der Waals surface area (Å²) >= 11 is 0. The number of carbonyl (C=O) groups is 1. The second kappa shape index (κ2) is 6.89. The van der Waals surface area contributed by atoms with Gasteiger partial charge in [-0.25, -0.2) is 4.79 Å². The Bertz CT molecular complexity index is 771. The second-order valence-corrected chi connectivity index (χ2v) is 5.37. The van der Waals surface area contributed by atoms with E-state index in [1.807, 2.05) is 13.8 Å². The van der Waals surface area contributed by atoms with Crippen molar-refractivity contribution in [3.8, 4) is 23.3 Å². The van der Waals surface area contributed by atoms with Crippen LogP contribution in [0.25, 0.3) is 0 Å². The highest BCUT2D eigenvalue weighted by Crippen LogP contribution is 2.34. The summed E-state index contributed by atoms with van der Waals surface area (Å²) in [5.41, 5.74) is 1.84. The summed E-state index contributed by atoms with van der Waals surface area (Å²) in [4.78, 5) is 11.7. The van der Waals surface area contributed by atoms with E-state index in [0.29, 0.717) is 22.3 Å². The molecule has 0 bridgehead atoms. The number of hydrogen-bond donors (Lipinski definition) is 2. The van der Waals surface area contributed by atoms with Gasteiger partial charge in [0.05, 0.1) is 12.7 Å². The number of benzene rings is 2. The highest BCUT2D eigenvalue weighted by molar-refractivity contribution is 5.92. The molecule has 0 saturated heterocycles. The van der Waals surface area contributed by atoms with Crippen molar-refractivity contribution < 1.29 is 19.7 Å². The van der Waals surface area contributed by atoms with Crippen molar-refractivity contribution in [3.63, 3.8) is 0 Å². The van der Waals surface area contributed by atoms with Crippen LogP contribution in [0.4, 0.5) is 0 Å². The standard InChI is InChI=1S/C19H18O4/c1-12(2)18-16(20)10-13(11-17(18)21)8-9-14-6-4-5-7-15(14)19(22)23-3/h4-7,10-12,20-21H,1-3H3. The van der Waals surface area contributed by atoms with Crippen LogP contribution in [0.3, 0.4) is 0 Å². The average Bonchev–Trinajstić information content (AvgIpc) is 2.51. The normalized spacial score (nSPS) is 10.1. The minimum Gasteiger partial charge on any atom is -0.507 e. The molecular formula is C19H18O4. The van der Waals surface area contributed by atoms with Gasteiger partial charge in [0.2, 0.25) is 0 Å². The van der Waals surface area contributed by atoms with E-state index in [0.717, 1.165) is 0 Å². The number of ether oxygens (including phenoxy) is 1. The number of phenolic OH excluding ortho intramolecular Hbond substituents is 2. The van der Waals surface area contributed by atoms with Gasteiger partial charge < -0.3 is 14.9 Å². The fourth-order valence-corrected chi connectivity index (χ4v) is 2.31. The largest absolute Gasteiger partial charge is 0.507 e. The molecule has 0 saturated carbocycles. The highest BCUT2D eigenvalue weighted by Gasteiger charge is 2.13. The number of esters is 1. The van der Waals surface area contributed by atoms with E-state index < -0.39 is 5.97 Å². The Balaban J connectivity index is 2.43. The minimum atomic E-state index is -0.462. The summed E-state index contributed by atoms with van der Waals surface area (Å²) in [7, 11) is 1.31. The fraction of sp³-hybridized carbons (Fsp3) is 0.211. The van der Waals surface area contributed by atoms with Crippen LogP contribution in [0, 0.1) is 11.8 Å². The van der Waals surface area contributed by atoms with Gasteiger partial charge in [-0.15, -0.1) is 0 Å². The quantitative estimate of drug-likeness (QED) is 0.659. The molecule has 0 aromatic heterocycles. The van der Waals surface area contributed by atoms with Gasteiger partial charge in [-0.05, 0) is 30.2 Å². The topological polar surface area (TPSA) is 66.8 Å². The molecule has 0 aliphatic heterocycles. The molecule has 0 aliphatic rings. The molecule has 2 rings (SSSR count). The maximum Gasteiger partial charge on any atom is 0.339 e. The van der Waals surface area contributed by atoms with Crippen LogP contribution < -0.4 is 0 Å². The predicted octanol–water partition coefficient (Wildman–Crippen LogP) is 3.41. The number of rotatable bonds is 2. The lowest BCUT2D eigenvalue weighted by molar-refractivity contribution is 0.0600. The van der Waals surface area contributed by atoms with Crippen molar-refractivity contribution in [2.75, 3.05) is 7.11 Å². The summed E-state index contributed by atoms with van der Waals surface area (Å²) in [6, 6.07) is 9.85. The van der Waals surface area contributed by atoms with Crippen molar-refractivity contribution in [2.24, 2.45) is 0 Å². The van der Waals surface area contributed by atoms with Crippen LogP contribution in [0.5, 0.6) is 11.5 Å². The Labute approximate surface area is 135 Å². The van der Waals surface area contributed by atoms with Crippen LogP contribution in [0.15, 0.2) is 36.4 Å². The Hall–Kier alpha value is -2.93. The summed E-state index contributed by atoms with van der Waals surface area (Å²) in [5.74, 6) is 5.27. The van der Waals surface area contributed by atoms with E-state index >= 15 is 0 Å². The maximum absolute atomic E-state index is 11.7. The molecule has 0 fully saturated rings. The molecule has 2 N–H and O–H groups in total. The Morgan fingerprint density at radius 3 is 2.26 bits per heavy atom. The van der Waals surface area contributed by atoms with Gasteiger partial charge >= 0.3 is 5.97 Å². The van der Waals surface area contributed by atoms with Crippen LogP contribution in [0.1, 0.15) is 46.8 Å². The van der Waals surface area contributed by atoms with Gasteiger partial charge in [-0.1, -0.05) is 37.8 Å². The molecule has 2 aromatic carbocycles. The molecule has 0 unspecified atom stereocenters. The first kappa shape index (κ1) is 16.4. The van der Waals surface area contributed by atoms with Crippen LogP contribution >= 0.6 is 0 Å². The molecule has 4 heteroatoms. The molecule has 0 radical (unpaired) electrons. The van der Waals surface area contributed by atoms with Gasteiger partial charge in [0.15, 0.2) is 0 Å². The zero-order valence-corrected chi connectivity index (χ0v) is 13.3. The fourth-order valence-electron chi connectivity index (χ4n) is 2.31. The van der Waals surface area contributed by atoms with Crippen LogP contribution in [-0.2, 0) is 4.74 Å². The predicted molar refractivity (Wildman–Crippen MR) is 87.6 cm³/mol. The van der Waals surface area contributed by atoms with Crippen LogP contribution in [-0.4, -0.2) is 23.3 Å². The smallest absolute Gasteiger partial charge is 0.339 e. The van der Waals surface area contributed by atoms with Crippen LogP contribution in [0.2, 0.25) is 0 Å². The van der Waals surface area contributed by atoms with Crippen molar-refractivity contribution in [1.29, 1.82) is 0 Å². The Kier molecular flexibility index (Phi) is 4.92. The molecule has 0 aliphatic carbocycles. The van der Waals surface area contributed by atoms with Crippen molar-refractivity contribution in [1.82, 2.24) is 0 Å². The molecule has 0 spiro atoms. The first-order valence-corrected chi connectivity index (χ1v) is 7.19. The molecular weight excluding hydrogens is 292 g/mol. The third-order valence-corrected chi connectivity index (χ3v) is 3.39. The van der Waals surface area contributed by atoms with Gasteiger partial charge in [0, 0.05) is 16.7 Å². The molecule has 23 heavy (non-hydrogen) atoms. The maximum atomic E-state index is 11.7. The van der Waals surface area contributed by atoms with Gasteiger partial charge in [-0.3, -0.25) is 0 Å². The minimum absolute atomic E-state index is 0.00272. The molecule has 0 heterocycles. The SMILES string of the molecule is COC(=O)c1ccccc1C#Cc1cc(O)c(C(C)C)c(O)c1. The van der Waals surface area contributed by atoms with Crippen molar-refractivity contribution >= 4 is 5.97 Å². The number of hydrogen-bond acceptors (Lipinski definition) is 4. The lowest BCUT2D eigenvalue weighted by Crippen LogP contribution is -2.03. The first-order valence-electron chi connectivity index (χ1n) is 7.19. The van der Waals surface area contributed by atoms with Gasteiger partial charge in [-0.2, -0.15) is 0 Å². The van der Waals surface area contributed by atoms with E-state index in [9.17, 15) is 15.0 Å². The third kappa shape index (κ3) is 3.64. The molecule has 118 valence electrons. The number of aromatic hydroxyl groups is 2. The van der Waals surface area contributed by atoms with Gasteiger partial charge in [0.25, 0.3) is 0 Å². The van der Waals surface area contributed by atoms with Crippen molar-refractivity contribution in [2.45, 2.75) is 19.8 Å². The summed E-state index contributed by atoms with van der Waals surface area (Å²) in [6.07, 6.45) is 0. The van der Waals surface area contributed by atoms with E-state index in [-0.39, 0.29) is 17.4 Å². The molecule has 4 nitrogen and oxygen atoms in total. The first-order chi connectivity index (χ1) is 10.9. The Morgan fingerprint density at radius 1 is 1.09 bits per heavy atom. The average molecular weight is 310 g/mol. The van der Waals surface area contributed by atoms with E-state index in [1.165, 1.54) is 19.2 Å². The summed E-state index contributed by atoms with van der Waals surface area (Å²) < 4.78 is 4.72. The molecule has 0 amide bonds. The van der Waals surface area contributed by atoms with Crippen molar-refractivity contribution in [3.05, 3.63) is 58.7 Å². The Morgan fingerprint density at radius 2 is 1.70 bits per heavy atom. The lowest BCUT2D eigenvalue weighted by Gasteiger charge is -2.10. The zero-order valence-electron chi connectivity index (χ0n) is 13.3. The lowest BCUT2D eigenvalue weighted by atomic mass is 9.99. The summed E-state index contributed by atoms with van der Waals surface area (Å²) in [6.45, 7) is 3.76. The number of phenols is 2. The highest BCUT2D eigenvalue weighted by atomic mass is 16.5. The summed E-state index contributed by atoms with van der Waals surface area (Å²) in [5, 5.41) is 20.0.